The molecular weight excluding hydrogens is 494 g/mol. The smallest absolute Gasteiger partial charge is 0.256 e. The maximum Gasteiger partial charge on any atom is 0.256 e. The molecule has 0 aromatic carbocycles. The van der Waals surface area contributed by atoms with Gasteiger partial charge in [-0.05, 0) is 73.9 Å². The number of hydrogen-bond acceptors (Lipinski definition) is 8. The number of hydrogen-bond donors (Lipinski definition) is 0. The summed E-state index contributed by atoms with van der Waals surface area (Å²) in [5, 5.41) is 13.5. The summed E-state index contributed by atoms with van der Waals surface area (Å²) in [4.78, 5) is 21.5. The van der Waals surface area contributed by atoms with Gasteiger partial charge in [-0.2, -0.15) is 36.5 Å². The molecule has 10 heteroatoms. The molecule has 4 aromatic heterocycles. The maximum absolute atomic E-state index is 5.05. The maximum atomic E-state index is 5.05. The van der Waals surface area contributed by atoms with Crippen molar-refractivity contribution < 1.29 is 0 Å². The molecule has 0 amide bonds. The van der Waals surface area contributed by atoms with E-state index in [1.54, 1.807) is 20.7 Å². The summed E-state index contributed by atoms with van der Waals surface area (Å²) in [5.74, 6) is 2.33. The van der Waals surface area contributed by atoms with E-state index < -0.39 is 0 Å². The minimum atomic E-state index is -0.345. The van der Waals surface area contributed by atoms with Crippen molar-refractivity contribution in [1.82, 2.24) is 39.4 Å². The van der Waals surface area contributed by atoms with Gasteiger partial charge >= 0.3 is 0 Å². The highest BCUT2D eigenvalue weighted by atomic mass is 32.1. The highest BCUT2D eigenvalue weighted by Gasteiger charge is 2.40. The first-order valence-corrected chi connectivity index (χ1v) is 13.4. The first-order valence-electron chi connectivity index (χ1n) is 12.4. The normalized spacial score (nSPS) is 17.5. The summed E-state index contributed by atoms with van der Waals surface area (Å²) < 4.78 is 3.49. The lowest BCUT2D eigenvalue weighted by molar-refractivity contribution is 0.567. The highest BCUT2D eigenvalue weighted by Crippen LogP contribution is 2.46. The number of thiophene rings is 1. The average Bonchev–Trinajstić information content (AvgIpc) is 3.62. The second-order valence-electron chi connectivity index (χ2n) is 10.3. The van der Waals surface area contributed by atoms with E-state index in [1.165, 1.54) is 16.7 Å². The van der Waals surface area contributed by atoms with Crippen LogP contribution < -0.4 is 0 Å². The summed E-state index contributed by atoms with van der Waals surface area (Å²) in [5.41, 5.74) is 7.77. The number of amidine groups is 1. The molecule has 0 fully saturated rings. The topological polar surface area (TPSA) is 89.9 Å². The van der Waals surface area contributed by atoms with Crippen LogP contribution >= 0.6 is 11.3 Å². The SMILES string of the molecule is Cc1cc(C)n(-c2nc(C=C3N=C4C(=CC(c5ccsc5)=CN4C)C3(C)C)nc(-n3nc(C)cc3C)n2)n1. The Kier molecular flexibility index (Phi) is 5.53. The average molecular weight is 524 g/mol. The van der Waals surface area contributed by atoms with Crippen molar-refractivity contribution in [3.05, 3.63) is 86.7 Å². The molecule has 6 rings (SSSR count). The van der Waals surface area contributed by atoms with E-state index in [2.05, 4.69) is 58.0 Å². The molecule has 0 atom stereocenters. The van der Waals surface area contributed by atoms with E-state index in [0.29, 0.717) is 17.7 Å². The van der Waals surface area contributed by atoms with E-state index in [0.717, 1.165) is 34.3 Å². The molecule has 0 saturated carbocycles. The Hall–Kier alpha value is -4.18. The molecule has 192 valence electrons. The van der Waals surface area contributed by atoms with E-state index >= 15 is 0 Å². The lowest BCUT2D eigenvalue weighted by Crippen LogP contribution is -2.28. The number of allylic oxidation sites excluding steroid dienone is 3. The summed E-state index contributed by atoms with van der Waals surface area (Å²) in [6, 6.07) is 6.15. The quantitative estimate of drug-likeness (QED) is 0.364. The monoisotopic (exact) mass is 523 g/mol. The van der Waals surface area contributed by atoms with Gasteiger partial charge in [0, 0.05) is 41.7 Å². The largest absolute Gasteiger partial charge is 0.335 e. The zero-order valence-corrected chi connectivity index (χ0v) is 23.4. The van der Waals surface area contributed by atoms with E-state index in [9.17, 15) is 0 Å². The van der Waals surface area contributed by atoms with Gasteiger partial charge in [0.25, 0.3) is 11.9 Å². The van der Waals surface area contributed by atoms with Crippen LogP contribution in [0.2, 0.25) is 0 Å². The van der Waals surface area contributed by atoms with Crippen molar-refractivity contribution >= 4 is 28.8 Å². The predicted octanol–water partition coefficient (Wildman–Crippen LogP) is 5.23. The Labute approximate surface area is 225 Å². The van der Waals surface area contributed by atoms with Gasteiger partial charge in [0.15, 0.2) is 5.82 Å². The van der Waals surface area contributed by atoms with Crippen molar-refractivity contribution in [2.75, 3.05) is 7.05 Å². The van der Waals surface area contributed by atoms with Crippen molar-refractivity contribution in [1.29, 1.82) is 0 Å². The van der Waals surface area contributed by atoms with Gasteiger partial charge in [-0.25, -0.2) is 14.4 Å². The Balaban J connectivity index is 1.48. The number of aliphatic imine (C=N–C) groups is 1. The van der Waals surface area contributed by atoms with Crippen molar-refractivity contribution in [3.63, 3.8) is 0 Å². The second kappa shape index (κ2) is 8.70. The Bertz CT molecular complexity index is 1630. The van der Waals surface area contributed by atoms with Gasteiger partial charge in [-0.3, -0.25) is 0 Å². The summed E-state index contributed by atoms with van der Waals surface area (Å²) in [7, 11) is 2.04. The summed E-state index contributed by atoms with van der Waals surface area (Å²) in [6.07, 6.45) is 6.34. The van der Waals surface area contributed by atoms with Crippen LogP contribution in [0.1, 0.15) is 48.0 Å². The zero-order valence-electron chi connectivity index (χ0n) is 22.6. The number of aryl methyl sites for hydroxylation is 4. The van der Waals surface area contributed by atoms with Gasteiger partial charge < -0.3 is 4.90 Å². The van der Waals surface area contributed by atoms with Crippen molar-refractivity contribution in [3.8, 4) is 11.9 Å². The van der Waals surface area contributed by atoms with E-state index in [4.69, 9.17) is 19.9 Å². The first kappa shape index (κ1) is 24.2. The molecule has 0 spiro atoms. The molecule has 0 saturated heterocycles. The van der Waals surface area contributed by atoms with Gasteiger partial charge in [0.1, 0.15) is 5.84 Å². The van der Waals surface area contributed by atoms with Crippen LogP contribution in [0.15, 0.2) is 57.5 Å². The highest BCUT2D eigenvalue weighted by molar-refractivity contribution is 7.08. The molecule has 9 nitrogen and oxygen atoms in total. The molecule has 6 heterocycles. The van der Waals surface area contributed by atoms with E-state index in [1.807, 2.05) is 53.0 Å². The van der Waals surface area contributed by atoms with Gasteiger partial charge in [-0.1, -0.05) is 13.8 Å². The van der Waals surface area contributed by atoms with Crippen LogP contribution in [0.25, 0.3) is 23.5 Å². The lowest BCUT2D eigenvalue weighted by Gasteiger charge is -2.28. The molecule has 0 unspecified atom stereocenters. The Morgan fingerprint density at radius 1 is 0.895 bits per heavy atom. The molecule has 38 heavy (non-hydrogen) atoms. The minimum absolute atomic E-state index is 0.345. The number of likely N-dealkylation sites (N-methyl/N-ethyl adjacent to an activating group) is 1. The van der Waals surface area contributed by atoms with Gasteiger partial charge in [0.05, 0.1) is 17.1 Å². The molecular formula is C28H29N9S. The minimum Gasteiger partial charge on any atom is -0.335 e. The molecule has 2 aliphatic heterocycles. The van der Waals surface area contributed by atoms with Crippen molar-refractivity contribution in [2.45, 2.75) is 41.5 Å². The Morgan fingerprint density at radius 3 is 2.05 bits per heavy atom. The first-order chi connectivity index (χ1) is 18.1. The standard InChI is InChI=1S/C28H29N9S/c1-16-10-18(3)36(33-16)26-30-24(31-27(32-26)37-19(4)11-17(2)34-37)13-23-28(5,6)22-12-21(20-8-9-38-15-20)14-35(7)25(22)29-23/h8-15H,1-7H3. The van der Waals surface area contributed by atoms with Crippen molar-refractivity contribution in [2.24, 2.45) is 10.4 Å². The van der Waals surface area contributed by atoms with Gasteiger partial charge in [-0.15, -0.1) is 0 Å². The van der Waals surface area contributed by atoms with Crippen LogP contribution in [0, 0.1) is 33.1 Å². The second-order valence-corrected chi connectivity index (χ2v) is 11.1. The molecule has 0 aliphatic carbocycles. The molecule has 0 radical (unpaired) electrons. The number of nitrogens with zero attached hydrogens (tertiary/aromatic N) is 9. The van der Waals surface area contributed by atoms with Crippen LogP contribution in [0.5, 0.6) is 0 Å². The Morgan fingerprint density at radius 2 is 1.53 bits per heavy atom. The number of fused-ring (bicyclic) bond motifs is 1. The fourth-order valence-corrected chi connectivity index (χ4v) is 5.58. The fourth-order valence-electron chi connectivity index (χ4n) is 4.92. The van der Waals surface area contributed by atoms with Crippen LogP contribution in [0.4, 0.5) is 0 Å². The fraction of sp³-hybridized carbons (Fsp3) is 0.286. The van der Waals surface area contributed by atoms with Gasteiger partial charge in [0.2, 0.25) is 0 Å². The molecule has 0 N–H and O–H groups in total. The van der Waals surface area contributed by atoms with Crippen LogP contribution in [-0.2, 0) is 0 Å². The summed E-state index contributed by atoms with van der Waals surface area (Å²) >= 11 is 1.70. The zero-order chi connectivity index (χ0) is 26.8. The molecule has 0 bridgehead atoms. The van der Waals surface area contributed by atoms with E-state index in [-0.39, 0.29) is 5.41 Å². The number of aromatic nitrogens is 7. The lowest BCUT2D eigenvalue weighted by atomic mass is 9.80. The summed E-state index contributed by atoms with van der Waals surface area (Å²) in [6.45, 7) is 12.3. The number of rotatable bonds is 4. The third kappa shape index (κ3) is 4.01. The third-order valence-electron chi connectivity index (χ3n) is 6.90. The molecule has 2 aliphatic rings. The van der Waals surface area contributed by atoms with Crippen LogP contribution in [0.3, 0.4) is 0 Å². The third-order valence-corrected chi connectivity index (χ3v) is 7.58. The molecule has 4 aromatic rings. The van der Waals surface area contributed by atoms with Crippen LogP contribution in [-0.4, -0.2) is 52.3 Å². The predicted molar refractivity (Wildman–Crippen MR) is 150 cm³/mol.